The Morgan fingerprint density at radius 3 is 2.50 bits per heavy atom. The maximum Gasteiger partial charge on any atom is 0.112 e. The molecule has 0 aliphatic rings. The van der Waals surface area contributed by atoms with Crippen LogP contribution >= 0.6 is 0 Å². The van der Waals surface area contributed by atoms with Crippen LogP contribution in [0.2, 0.25) is 0 Å². The summed E-state index contributed by atoms with van der Waals surface area (Å²) in [6.45, 7) is 0. The van der Waals surface area contributed by atoms with Gasteiger partial charge in [0.05, 0.1) is 0 Å². The lowest BCUT2D eigenvalue weighted by Gasteiger charge is -1.80. The van der Waals surface area contributed by atoms with Crippen LogP contribution in [-0.2, 0) is 0 Å². The van der Waals surface area contributed by atoms with E-state index in [0.717, 1.165) is 0 Å². The van der Waals surface area contributed by atoms with E-state index < -0.39 is 0 Å². The van der Waals surface area contributed by atoms with E-state index in [2.05, 4.69) is 5.10 Å². The van der Waals surface area contributed by atoms with Gasteiger partial charge < -0.3 is 0 Å². The molecule has 0 atom stereocenters. The van der Waals surface area contributed by atoms with Crippen molar-refractivity contribution < 1.29 is 0 Å². The van der Waals surface area contributed by atoms with Crippen molar-refractivity contribution in [2.24, 2.45) is 5.10 Å². The summed E-state index contributed by atoms with van der Waals surface area (Å²) in [5.41, 5.74) is 0. The number of nitrogens with zero attached hydrogens (tertiary/aromatic N) is 2. The van der Waals surface area contributed by atoms with Crippen LogP contribution < -0.4 is 0 Å². The zero-order valence-electron chi connectivity index (χ0n) is 4.20. The Morgan fingerprint density at radius 1 is 1.38 bits per heavy atom. The summed E-state index contributed by atoms with van der Waals surface area (Å²) in [5.74, 6) is 0. The molecule has 0 fully saturated rings. The van der Waals surface area contributed by atoms with Crippen LogP contribution in [0.5, 0.6) is 0 Å². The van der Waals surface area contributed by atoms with Gasteiger partial charge in [0.2, 0.25) is 0 Å². The van der Waals surface area contributed by atoms with E-state index in [1.807, 2.05) is 18.1 Å². The van der Waals surface area contributed by atoms with Crippen molar-refractivity contribution in [3.05, 3.63) is 24.5 Å². The zero-order chi connectivity index (χ0) is 5.82. The van der Waals surface area contributed by atoms with Gasteiger partial charge in [0, 0.05) is 12.4 Å². The number of hydrogen-bond acceptors (Lipinski definition) is 2. The Hall–Kier alpha value is -1.34. The molecule has 40 valence electrons. The second-order valence-electron chi connectivity index (χ2n) is 1.27. The van der Waals surface area contributed by atoms with E-state index in [1.165, 1.54) is 4.68 Å². The van der Waals surface area contributed by atoms with Gasteiger partial charge in [-0.15, -0.1) is 5.10 Å². The molecule has 0 radical (unpaired) electrons. The largest absolute Gasteiger partial charge is 0.240 e. The molecule has 0 saturated carbocycles. The molecule has 0 aliphatic heterocycles. The minimum absolute atomic E-state index is 1.51. The molecule has 0 saturated heterocycles. The average molecular weight is 107 g/mol. The molecule has 3 heteroatoms. The van der Waals surface area contributed by atoms with Crippen molar-refractivity contribution >= 4 is 6.01 Å². The molecule has 0 spiro atoms. The lowest BCUT2D eigenvalue weighted by atomic mass is 10.7. The first-order valence-corrected chi connectivity index (χ1v) is 2.19. The summed E-state index contributed by atoms with van der Waals surface area (Å²) in [5, 5.41) is 9.94. The van der Waals surface area contributed by atoms with Gasteiger partial charge in [0.1, 0.15) is 6.01 Å². The highest BCUT2D eigenvalue weighted by atomic mass is 15.3. The molecular formula is C5H5N3. The third-order valence-electron chi connectivity index (χ3n) is 0.754. The smallest absolute Gasteiger partial charge is 0.112 e. The standard InChI is InChI=1S/C5H5N3/c6-5-7-8-3-1-2-4-8/h1-4,6H. The van der Waals surface area contributed by atoms with Gasteiger partial charge in [-0.3, -0.25) is 0 Å². The highest BCUT2D eigenvalue weighted by Gasteiger charge is 1.74. The van der Waals surface area contributed by atoms with Gasteiger partial charge in [-0.05, 0) is 12.1 Å². The second kappa shape index (κ2) is 2.09. The molecule has 3 nitrogen and oxygen atoms in total. The molecule has 0 unspecified atom stereocenters. The summed E-state index contributed by atoms with van der Waals surface area (Å²) < 4.78 is 1.51. The summed E-state index contributed by atoms with van der Waals surface area (Å²) in [4.78, 5) is 0. The van der Waals surface area contributed by atoms with Crippen LogP contribution in [0, 0.1) is 5.41 Å². The first-order chi connectivity index (χ1) is 3.93. The highest BCUT2D eigenvalue weighted by Crippen LogP contribution is 1.85. The Bertz CT molecular complexity index is 193. The van der Waals surface area contributed by atoms with Crippen molar-refractivity contribution in [1.29, 1.82) is 5.41 Å². The van der Waals surface area contributed by atoms with E-state index >= 15 is 0 Å². The lowest BCUT2D eigenvalue weighted by Crippen LogP contribution is -1.77. The molecule has 8 heavy (non-hydrogen) atoms. The van der Waals surface area contributed by atoms with Crippen LogP contribution in [0.25, 0.3) is 0 Å². The van der Waals surface area contributed by atoms with Crippen LogP contribution in [0.1, 0.15) is 0 Å². The normalized spacial score (nSPS) is 8.00. The van der Waals surface area contributed by atoms with Crippen LogP contribution in [0.4, 0.5) is 0 Å². The zero-order valence-corrected chi connectivity index (χ0v) is 4.20. The van der Waals surface area contributed by atoms with E-state index in [1.54, 1.807) is 12.4 Å². The van der Waals surface area contributed by atoms with Crippen LogP contribution in [-0.4, -0.2) is 10.7 Å². The molecule has 0 bridgehead atoms. The molecule has 0 aromatic carbocycles. The number of rotatable bonds is 1. The Balaban J connectivity index is 2.93. The SMILES string of the molecule is N=C=Nn1cccc1. The molecule has 1 N–H and O–H groups in total. The fourth-order valence-corrected chi connectivity index (χ4v) is 0.450. The highest BCUT2D eigenvalue weighted by molar-refractivity contribution is 5.35. The van der Waals surface area contributed by atoms with E-state index in [9.17, 15) is 0 Å². The van der Waals surface area contributed by atoms with Gasteiger partial charge in [-0.1, -0.05) is 0 Å². The predicted molar refractivity (Wildman–Crippen MR) is 30.0 cm³/mol. The molecule has 1 aromatic heterocycles. The number of hydrogen-bond donors (Lipinski definition) is 1. The van der Waals surface area contributed by atoms with E-state index in [-0.39, 0.29) is 0 Å². The van der Waals surface area contributed by atoms with Crippen LogP contribution in [0.15, 0.2) is 29.6 Å². The van der Waals surface area contributed by atoms with Crippen molar-refractivity contribution in [2.75, 3.05) is 0 Å². The van der Waals surface area contributed by atoms with Gasteiger partial charge in [0.15, 0.2) is 0 Å². The quantitative estimate of drug-likeness (QED) is 0.520. The monoisotopic (exact) mass is 107 g/mol. The van der Waals surface area contributed by atoms with Gasteiger partial charge >= 0.3 is 0 Å². The Morgan fingerprint density at radius 2 is 2.00 bits per heavy atom. The van der Waals surface area contributed by atoms with Crippen molar-refractivity contribution in [3.8, 4) is 0 Å². The minimum Gasteiger partial charge on any atom is -0.240 e. The lowest BCUT2D eigenvalue weighted by molar-refractivity contribution is 0.894. The topological polar surface area (TPSA) is 41.1 Å². The molecular weight excluding hydrogens is 102 g/mol. The van der Waals surface area contributed by atoms with Gasteiger partial charge in [-0.2, -0.15) is 0 Å². The van der Waals surface area contributed by atoms with E-state index in [4.69, 9.17) is 5.41 Å². The fourth-order valence-electron chi connectivity index (χ4n) is 0.450. The Kier molecular flexibility index (Phi) is 1.26. The van der Waals surface area contributed by atoms with Gasteiger partial charge in [-0.25, -0.2) is 10.1 Å². The first kappa shape index (κ1) is 4.81. The number of nitrogens with one attached hydrogen (secondary N) is 1. The maximum atomic E-state index is 6.44. The third kappa shape index (κ3) is 0.832. The van der Waals surface area contributed by atoms with Crippen LogP contribution in [0.3, 0.4) is 0 Å². The maximum absolute atomic E-state index is 6.44. The van der Waals surface area contributed by atoms with Crippen molar-refractivity contribution in [1.82, 2.24) is 4.68 Å². The molecule has 1 heterocycles. The molecule has 1 rings (SSSR count). The number of aromatic nitrogens is 1. The predicted octanol–water partition coefficient (Wildman–Crippen LogP) is 1.00. The fraction of sp³-hybridized carbons (Fsp3) is 0. The second-order valence-corrected chi connectivity index (χ2v) is 1.27. The molecule has 1 aromatic rings. The average Bonchev–Trinajstić information content (AvgIpc) is 2.19. The van der Waals surface area contributed by atoms with E-state index in [0.29, 0.717) is 0 Å². The minimum atomic E-state index is 1.51. The summed E-state index contributed by atoms with van der Waals surface area (Å²) in [6, 6.07) is 5.58. The summed E-state index contributed by atoms with van der Waals surface area (Å²) >= 11 is 0. The molecule has 0 amide bonds. The van der Waals surface area contributed by atoms with Crippen molar-refractivity contribution in [3.63, 3.8) is 0 Å². The first-order valence-electron chi connectivity index (χ1n) is 2.19. The van der Waals surface area contributed by atoms with Gasteiger partial charge in [0.25, 0.3) is 0 Å². The summed E-state index contributed by atoms with van der Waals surface area (Å²) in [6.07, 6.45) is 3.48. The molecule has 0 aliphatic carbocycles. The third-order valence-corrected chi connectivity index (χ3v) is 0.754. The Labute approximate surface area is 46.8 Å². The summed E-state index contributed by atoms with van der Waals surface area (Å²) in [7, 11) is 0. The van der Waals surface area contributed by atoms with Crippen molar-refractivity contribution in [2.45, 2.75) is 0 Å².